The molecule has 0 atom stereocenters. The van der Waals surface area contributed by atoms with Crippen LogP contribution in [0.1, 0.15) is 23.7 Å². The van der Waals surface area contributed by atoms with E-state index in [1.807, 2.05) is 19.1 Å². The number of hydrogen-bond donors (Lipinski definition) is 2. The summed E-state index contributed by atoms with van der Waals surface area (Å²) in [6, 6.07) is 7.21. The van der Waals surface area contributed by atoms with Crippen molar-refractivity contribution in [3.05, 3.63) is 42.0 Å². The Morgan fingerprint density at radius 3 is 2.65 bits per heavy atom. The zero-order chi connectivity index (χ0) is 16.5. The Labute approximate surface area is 138 Å². The van der Waals surface area contributed by atoms with E-state index in [-0.39, 0.29) is 5.91 Å². The molecule has 1 saturated heterocycles. The highest BCUT2D eigenvalue weighted by molar-refractivity contribution is 5.94. The summed E-state index contributed by atoms with van der Waals surface area (Å²) in [5.74, 6) is 0.717. The van der Waals surface area contributed by atoms with E-state index in [4.69, 9.17) is 9.47 Å². The zero-order valence-corrected chi connectivity index (χ0v) is 13.9. The van der Waals surface area contributed by atoms with Crippen LogP contribution < -0.4 is 15.0 Å². The SMILES string of the molecule is C=C(C)COc1ccc(C(=O)NCCC[NH+]2CCOCC2)cc1. The third-order valence-corrected chi connectivity index (χ3v) is 3.79. The van der Waals surface area contributed by atoms with Gasteiger partial charge in [0.05, 0.1) is 19.8 Å². The first-order valence-electron chi connectivity index (χ1n) is 8.22. The minimum atomic E-state index is -0.0339. The largest absolute Gasteiger partial charge is 0.489 e. The molecule has 5 heteroatoms. The van der Waals surface area contributed by atoms with Crippen LogP contribution in [0, 0.1) is 0 Å². The van der Waals surface area contributed by atoms with Gasteiger partial charge in [0.1, 0.15) is 25.4 Å². The first-order chi connectivity index (χ1) is 11.1. The van der Waals surface area contributed by atoms with Gasteiger partial charge < -0.3 is 19.7 Å². The topological polar surface area (TPSA) is 52.0 Å². The van der Waals surface area contributed by atoms with Gasteiger partial charge in [0.25, 0.3) is 5.91 Å². The zero-order valence-electron chi connectivity index (χ0n) is 13.9. The number of benzene rings is 1. The maximum atomic E-state index is 12.1. The Kier molecular flexibility index (Phi) is 7.10. The third-order valence-electron chi connectivity index (χ3n) is 3.79. The smallest absolute Gasteiger partial charge is 0.251 e. The van der Waals surface area contributed by atoms with Gasteiger partial charge >= 0.3 is 0 Å². The third kappa shape index (κ3) is 6.42. The molecule has 2 N–H and O–H groups in total. The van der Waals surface area contributed by atoms with Crippen molar-refractivity contribution in [2.45, 2.75) is 13.3 Å². The van der Waals surface area contributed by atoms with Gasteiger partial charge in [-0.25, -0.2) is 0 Å². The Balaban J connectivity index is 1.67. The molecule has 0 saturated carbocycles. The van der Waals surface area contributed by atoms with Gasteiger partial charge in [-0.15, -0.1) is 0 Å². The molecule has 126 valence electrons. The molecule has 5 nitrogen and oxygen atoms in total. The summed E-state index contributed by atoms with van der Waals surface area (Å²) in [7, 11) is 0. The van der Waals surface area contributed by atoms with Crippen molar-refractivity contribution in [3.63, 3.8) is 0 Å². The lowest BCUT2D eigenvalue weighted by Gasteiger charge is -2.23. The number of amides is 1. The maximum Gasteiger partial charge on any atom is 0.251 e. The van der Waals surface area contributed by atoms with Crippen LogP contribution in [0.5, 0.6) is 5.75 Å². The lowest BCUT2D eigenvalue weighted by Crippen LogP contribution is -3.14. The van der Waals surface area contributed by atoms with Gasteiger partial charge in [-0.05, 0) is 36.8 Å². The molecule has 2 rings (SSSR count). The van der Waals surface area contributed by atoms with Crippen molar-refractivity contribution in [2.24, 2.45) is 0 Å². The van der Waals surface area contributed by atoms with Crippen molar-refractivity contribution in [1.82, 2.24) is 5.32 Å². The lowest BCUT2D eigenvalue weighted by molar-refractivity contribution is -0.908. The molecule has 1 aromatic carbocycles. The van der Waals surface area contributed by atoms with Crippen LogP contribution in [-0.2, 0) is 4.74 Å². The summed E-state index contributed by atoms with van der Waals surface area (Å²) >= 11 is 0. The minimum Gasteiger partial charge on any atom is -0.489 e. The van der Waals surface area contributed by atoms with Crippen molar-refractivity contribution in [2.75, 3.05) is 46.0 Å². The van der Waals surface area contributed by atoms with Crippen LogP contribution in [0.4, 0.5) is 0 Å². The lowest BCUT2D eigenvalue weighted by atomic mass is 10.2. The minimum absolute atomic E-state index is 0.0339. The maximum absolute atomic E-state index is 12.1. The number of ether oxygens (including phenoxy) is 2. The quantitative estimate of drug-likeness (QED) is 0.547. The molecule has 0 radical (unpaired) electrons. The monoisotopic (exact) mass is 319 g/mol. The molecule has 0 spiro atoms. The van der Waals surface area contributed by atoms with Gasteiger partial charge in [0.2, 0.25) is 0 Å². The van der Waals surface area contributed by atoms with Crippen molar-refractivity contribution in [3.8, 4) is 5.75 Å². The van der Waals surface area contributed by atoms with E-state index >= 15 is 0 Å². The summed E-state index contributed by atoms with van der Waals surface area (Å²) < 4.78 is 10.9. The second kappa shape index (κ2) is 9.33. The van der Waals surface area contributed by atoms with E-state index in [1.54, 1.807) is 17.0 Å². The molecule has 0 unspecified atom stereocenters. The molecule has 0 bridgehead atoms. The van der Waals surface area contributed by atoms with Crippen molar-refractivity contribution in [1.29, 1.82) is 0 Å². The number of carbonyl (C=O) groups is 1. The molecule has 1 heterocycles. The first kappa shape index (κ1) is 17.5. The molecule has 23 heavy (non-hydrogen) atoms. The fourth-order valence-corrected chi connectivity index (χ4v) is 2.46. The Morgan fingerprint density at radius 2 is 2.00 bits per heavy atom. The number of nitrogens with one attached hydrogen (secondary N) is 2. The summed E-state index contributed by atoms with van der Waals surface area (Å²) in [4.78, 5) is 13.6. The highest BCUT2D eigenvalue weighted by Crippen LogP contribution is 2.12. The van der Waals surface area contributed by atoms with Crippen molar-refractivity contribution < 1.29 is 19.2 Å². The first-order valence-corrected chi connectivity index (χ1v) is 8.22. The summed E-state index contributed by atoms with van der Waals surface area (Å²) in [6.07, 6.45) is 0.987. The number of carbonyl (C=O) groups excluding carboxylic acids is 1. The number of quaternary nitrogens is 1. The fraction of sp³-hybridized carbons (Fsp3) is 0.500. The highest BCUT2D eigenvalue weighted by Gasteiger charge is 2.13. The second-order valence-corrected chi connectivity index (χ2v) is 5.99. The summed E-state index contributed by atoms with van der Waals surface area (Å²) in [5, 5.41) is 2.97. The number of hydrogen-bond acceptors (Lipinski definition) is 3. The average molecular weight is 319 g/mol. The van der Waals surface area contributed by atoms with Crippen molar-refractivity contribution >= 4 is 5.91 Å². The van der Waals surface area contributed by atoms with E-state index in [1.165, 1.54) is 0 Å². The van der Waals surface area contributed by atoms with Gasteiger partial charge in [0.15, 0.2) is 0 Å². The molecule has 1 aromatic rings. The fourth-order valence-electron chi connectivity index (χ4n) is 2.46. The molecule has 1 aliphatic rings. The van der Waals surface area contributed by atoms with E-state index in [9.17, 15) is 4.79 Å². The second-order valence-electron chi connectivity index (χ2n) is 5.99. The van der Waals surface area contributed by atoms with E-state index in [2.05, 4.69) is 11.9 Å². The molecule has 1 amide bonds. The molecular formula is C18H27N2O3+. The number of rotatable bonds is 8. The van der Waals surface area contributed by atoms with E-state index in [0.29, 0.717) is 18.7 Å². The predicted molar refractivity (Wildman–Crippen MR) is 90.1 cm³/mol. The van der Waals surface area contributed by atoms with Crippen LogP contribution in [0.3, 0.4) is 0 Å². The van der Waals surface area contributed by atoms with Gasteiger partial charge in [0, 0.05) is 18.5 Å². The number of morpholine rings is 1. The van der Waals surface area contributed by atoms with Crippen LogP contribution in [-0.4, -0.2) is 51.9 Å². The normalized spacial score (nSPS) is 15.2. The molecule has 0 aromatic heterocycles. The van der Waals surface area contributed by atoms with E-state index < -0.39 is 0 Å². The van der Waals surface area contributed by atoms with Gasteiger partial charge in [-0.3, -0.25) is 4.79 Å². The van der Waals surface area contributed by atoms with Crippen LogP contribution in [0.15, 0.2) is 36.4 Å². The van der Waals surface area contributed by atoms with E-state index in [0.717, 1.165) is 50.6 Å². The Bertz CT molecular complexity index is 508. The van der Waals surface area contributed by atoms with Crippen LogP contribution >= 0.6 is 0 Å². The van der Waals surface area contributed by atoms with Gasteiger partial charge in [-0.1, -0.05) is 6.58 Å². The summed E-state index contributed by atoms with van der Waals surface area (Å²) in [5.41, 5.74) is 1.63. The highest BCUT2D eigenvalue weighted by atomic mass is 16.5. The standard InChI is InChI=1S/C18H26N2O3/c1-15(2)14-23-17-6-4-16(5-7-17)18(21)19-8-3-9-20-10-12-22-13-11-20/h4-7H,1,3,8-14H2,2H3,(H,19,21)/p+1. The van der Waals surface area contributed by atoms with Gasteiger partial charge in [-0.2, -0.15) is 0 Å². The molecule has 1 aliphatic heterocycles. The molecular weight excluding hydrogens is 292 g/mol. The molecule has 1 fully saturated rings. The predicted octanol–water partition coefficient (Wildman–Crippen LogP) is 0.677. The molecule has 0 aliphatic carbocycles. The average Bonchev–Trinajstić information content (AvgIpc) is 2.58. The van der Waals surface area contributed by atoms with Crippen LogP contribution in [0.2, 0.25) is 0 Å². The Morgan fingerprint density at radius 1 is 1.30 bits per heavy atom. The summed E-state index contributed by atoms with van der Waals surface area (Å²) in [6.45, 7) is 11.8. The van der Waals surface area contributed by atoms with Crippen LogP contribution in [0.25, 0.3) is 0 Å². The Hall–Kier alpha value is -1.85.